The highest BCUT2D eigenvalue weighted by Crippen LogP contribution is 2.14. The molecule has 0 fully saturated rings. The fourth-order valence-electron chi connectivity index (χ4n) is 2.01. The molecule has 0 radical (unpaired) electrons. The Hall–Kier alpha value is -0.670. The molecule has 1 aromatic carbocycles. The van der Waals surface area contributed by atoms with E-state index in [1.165, 1.54) is 11.3 Å². The zero-order valence-electron chi connectivity index (χ0n) is 12.1. The Bertz CT molecular complexity index is 320. The largest absolute Gasteiger partial charge is 0.372 e. The summed E-state index contributed by atoms with van der Waals surface area (Å²) in [5, 5.41) is 3.54. The number of anilines is 1. The molecular formula is C15H26N2S. The molecule has 0 saturated heterocycles. The van der Waals surface area contributed by atoms with Crippen LogP contribution in [0.5, 0.6) is 0 Å². The Balaban J connectivity index is 2.49. The molecule has 1 unspecified atom stereocenters. The van der Waals surface area contributed by atoms with E-state index in [0.717, 1.165) is 25.4 Å². The first-order valence-electron chi connectivity index (χ1n) is 6.77. The van der Waals surface area contributed by atoms with Gasteiger partial charge in [0.15, 0.2) is 0 Å². The topological polar surface area (TPSA) is 15.3 Å². The molecule has 1 atom stereocenters. The van der Waals surface area contributed by atoms with Crippen molar-refractivity contribution in [2.75, 3.05) is 30.0 Å². The molecule has 0 heterocycles. The van der Waals surface area contributed by atoms with Crippen LogP contribution in [0.3, 0.4) is 0 Å². The van der Waals surface area contributed by atoms with Crippen molar-refractivity contribution in [3.05, 3.63) is 29.8 Å². The van der Waals surface area contributed by atoms with Crippen LogP contribution in [-0.2, 0) is 6.54 Å². The van der Waals surface area contributed by atoms with E-state index in [2.05, 4.69) is 61.5 Å². The molecule has 0 aromatic heterocycles. The van der Waals surface area contributed by atoms with Crippen LogP contribution >= 0.6 is 11.8 Å². The summed E-state index contributed by atoms with van der Waals surface area (Å²) in [6.07, 6.45) is 2.15. The van der Waals surface area contributed by atoms with Crippen LogP contribution in [0.2, 0.25) is 0 Å². The van der Waals surface area contributed by atoms with Gasteiger partial charge in [-0.2, -0.15) is 11.8 Å². The van der Waals surface area contributed by atoms with Crippen molar-refractivity contribution in [3.8, 4) is 0 Å². The second-order valence-electron chi connectivity index (χ2n) is 4.58. The third kappa shape index (κ3) is 4.91. The van der Waals surface area contributed by atoms with Crippen molar-refractivity contribution >= 4 is 17.4 Å². The standard InChI is InChI=1S/C15H26N2S/c1-5-17(6-2)15-9-7-14(8-10-15)11-16-13(3)12-18-4/h7-10,13,16H,5-6,11-12H2,1-4H3. The van der Waals surface area contributed by atoms with Gasteiger partial charge in [0.2, 0.25) is 0 Å². The molecule has 0 aliphatic rings. The zero-order valence-corrected chi connectivity index (χ0v) is 12.9. The molecule has 102 valence electrons. The van der Waals surface area contributed by atoms with Crippen LogP contribution in [-0.4, -0.2) is 31.1 Å². The van der Waals surface area contributed by atoms with Crippen LogP contribution in [0.25, 0.3) is 0 Å². The van der Waals surface area contributed by atoms with Gasteiger partial charge in [0, 0.05) is 37.1 Å². The normalized spacial score (nSPS) is 12.4. The summed E-state index contributed by atoms with van der Waals surface area (Å²) >= 11 is 1.89. The fraction of sp³-hybridized carbons (Fsp3) is 0.600. The fourth-order valence-corrected chi connectivity index (χ4v) is 2.63. The predicted molar refractivity (Wildman–Crippen MR) is 84.7 cm³/mol. The van der Waals surface area contributed by atoms with E-state index in [0.29, 0.717) is 6.04 Å². The lowest BCUT2D eigenvalue weighted by molar-refractivity contribution is 0.596. The third-order valence-electron chi connectivity index (χ3n) is 3.14. The summed E-state index contributed by atoms with van der Waals surface area (Å²) in [5.74, 6) is 1.16. The van der Waals surface area contributed by atoms with Crippen LogP contribution in [0.1, 0.15) is 26.3 Å². The highest BCUT2D eigenvalue weighted by atomic mass is 32.2. The monoisotopic (exact) mass is 266 g/mol. The molecule has 1 aromatic rings. The first-order chi connectivity index (χ1) is 8.71. The average molecular weight is 266 g/mol. The van der Waals surface area contributed by atoms with E-state index in [-0.39, 0.29) is 0 Å². The minimum Gasteiger partial charge on any atom is -0.372 e. The van der Waals surface area contributed by atoms with Gasteiger partial charge in [-0.05, 0) is 44.7 Å². The number of nitrogens with one attached hydrogen (secondary N) is 1. The van der Waals surface area contributed by atoms with Crippen molar-refractivity contribution in [1.82, 2.24) is 5.32 Å². The number of rotatable bonds is 8. The summed E-state index contributed by atoms with van der Waals surface area (Å²) in [5.41, 5.74) is 2.68. The van der Waals surface area contributed by atoms with E-state index < -0.39 is 0 Å². The lowest BCUT2D eigenvalue weighted by Gasteiger charge is -2.21. The number of thioether (sulfide) groups is 1. The number of benzene rings is 1. The van der Waals surface area contributed by atoms with E-state index in [4.69, 9.17) is 0 Å². The molecule has 0 aliphatic carbocycles. The van der Waals surface area contributed by atoms with E-state index >= 15 is 0 Å². The minimum atomic E-state index is 0.572. The van der Waals surface area contributed by atoms with E-state index in [1.54, 1.807) is 0 Å². The second-order valence-corrected chi connectivity index (χ2v) is 5.49. The average Bonchev–Trinajstić information content (AvgIpc) is 2.39. The number of hydrogen-bond acceptors (Lipinski definition) is 3. The molecule has 0 spiro atoms. The highest BCUT2D eigenvalue weighted by molar-refractivity contribution is 7.98. The quantitative estimate of drug-likeness (QED) is 0.776. The molecule has 0 saturated carbocycles. The van der Waals surface area contributed by atoms with Crippen molar-refractivity contribution in [1.29, 1.82) is 0 Å². The van der Waals surface area contributed by atoms with Crippen molar-refractivity contribution in [2.24, 2.45) is 0 Å². The Labute approximate surface area is 116 Å². The molecule has 0 amide bonds. The van der Waals surface area contributed by atoms with Gasteiger partial charge in [-0.25, -0.2) is 0 Å². The predicted octanol–water partition coefficient (Wildman–Crippen LogP) is 3.37. The molecular weight excluding hydrogens is 240 g/mol. The summed E-state index contributed by atoms with van der Waals surface area (Å²) in [4.78, 5) is 2.37. The Morgan fingerprint density at radius 2 is 1.78 bits per heavy atom. The smallest absolute Gasteiger partial charge is 0.0366 e. The Morgan fingerprint density at radius 3 is 2.28 bits per heavy atom. The molecule has 1 N–H and O–H groups in total. The first kappa shape index (κ1) is 15.4. The third-order valence-corrected chi connectivity index (χ3v) is 3.97. The molecule has 18 heavy (non-hydrogen) atoms. The van der Waals surface area contributed by atoms with Gasteiger partial charge in [0.25, 0.3) is 0 Å². The van der Waals surface area contributed by atoms with Crippen molar-refractivity contribution < 1.29 is 0 Å². The van der Waals surface area contributed by atoms with Crippen LogP contribution < -0.4 is 10.2 Å². The van der Waals surface area contributed by atoms with Crippen LogP contribution in [0.15, 0.2) is 24.3 Å². The summed E-state index contributed by atoms with van der Waals surface area (Å²) in [6, 6.07) is 9.48. The summed E-state index contributed by atoms with van der Waals surface area (Å²) in [6.45, 7) is 9.73. The maximum atomic E-state index is 3.54. The zero-order chi connectivity index (χ0) is 13.4. The lowest BCUT2D eigenvalue weighted by Crippen LogP contribution is -2.27. The van der Waals surface area contributed by atoms with Gasteiger partial charge in [-0.1, -0.05) is 12.1 Å². The number of hydrogen-bond donors (Lipinski definition) is 1. The summed E-state index contributed by atoms with van der Waals surface area (Å²) in [7, 11) is 0. The maximum Gasteiger partial charge on any atom is 0.0366 e. The van der Waals surface area contributed by atoms with Crippen molar-refractivity contribution in [2.45, 2.75) is 33.4 Å². The second kappa shape index (κ2) is 8.44. The van der Waals surface area contributed by atoms with Crippen LogP contribution in [0.4, 0.5) is 5.69 Å². The van der Waals surface area contributed by atoms with E-state index in [9.17, 15) is 0 Å². The Kier molecular flexibility index (Phi) is 7.21. The van der Waals surface area contributed by atoms with E-state index in [1.807, 2.05) is 11.8 Å². The Morgan fingerprint density at radius 1 is 1.17 bits per heavy atom. The van der Waals surface area contributed by atoms with Gasteiger partial charge >= 0.3 is 0 Å². The molecule has 1 rings (SSSR count). The van der Waals surface area contributed by atoms with Gasteiger partial charge < -0.3 is 10.2 Å². The molecule has 0 bridgehead atoms. The van der Waals surface area contributed by atoms with Gasteiger partial charge in [0.05, 0.1) is 0 Å². The van der Waals surface area contributed by atoms with Gasteiger partial charge in [-0.15, -0.1) is 0 Å². The number of nitrogens with zero attached hydrogens (tertiary/aromatic N) is 1. The molecule has 2 nitrogen and oxygen atoms in total. The first-order valence-corrected chi connectivity index (χ1v) is 8.16. The highest BCUT2D eigenvalue weighted by Gasteiger charge is 2.03. The van der Waals surface area contributed by atoms with Gasteiger partial charge in [-0.3, -0.25) is 0 Å². The molecule has 3 heteroatoms. The maximum absolute atomic E-state index is 3.54. The lowest BCUT2D eigenvalue weighted by atomic mass is 10.2. The molecule has 0 aliphatic heterocycles. The summed E-state index contributed by atoms with van der Waals surface area (Å²) < 4.78 is 0. The minimum absolute atomic E-state index is 0.572. The van der Waals surface area contributed by atoms with Crippen molar-refractivity contribution in [3.63, 3.8) is 0 Å². The van der Waals surface area contributed by atoms with Crippen LogP contribution in [0, 0.1) is 0 Å². The van der Waals surface area contributed by atoms with Gasteiger partial charge in [0.1, 0.15) is 0 Å². The SMILES string of the molecule is CCN(CC)c1ccc(CNC(C)CSC)cc1.